The van der Waals surface area contributed by atoms with Crippen molar-refractivity contribution in [3.63, 3.8) is 0 Å². The minimum Gasteiger partial charge on any atom is -0.480 e. The average molecular weight is 360 g/mol. The van der Waals surface area contributed by atoms with Gasteiger partial charge in [-0.25, -0.2) is 9.59 Å². The van der Waals surface area contributed by atoms with E-state index in [2.05, 4.69) is 26.6 Å². The number of halogens is 1. The van der Waals surface area contributed by atoms with Gasteiger partial charge in [0.05, 0.1) is 10.6 Å². The predicted molar refractivity (Wildman–Crippen MR) is 79.3 cm³/mol. The number of carbonyl (C=O) groups is 2. The number of carboxylic acid groups (broad SMARTS) is 1. The Balaban J connectivity index is 2.74. The molecule has 9 heteroatoms. The van der Waals surface area contributed by atoms with Crippen LogP contribution >= 0.6 is 15.9 Å². The van der Waals surface area contributed by atoms with E-state index in [1.807, 2.05) is 6.92 Å². The van der Waals surface area contributed by atoms with Crippen molar-refractivity contribution in [2.45, 2.75) is 25.8 Å². The molecule has 0 saturated carbocycles. The van der Waals surface area contributed by atoms with Crippen LogP contribution in [0.5, 0.6) is 0 Å². The topological polar surface area (TPSA) is 122 Å². The first-order valence-corrected chi connectivity index (χ1v) is 6.88. The summed E-state index contributed by atoms with van der Waals surface area (Å²) in [7, 11) is 0. The Morgan fingerprint density at radius 3 is 2.62 bits per heavy atom. The number of amides is 2. The SMILES string of the molecule is CCC[C@H](NC(=O)Nc1ccc([N+](=O)[O-])cc1Br)C(=O)O. The number of carboxylic acids is 1. The largest absolute Gasteiger partial charge is 0.480 e. The normalized spacial score (nSPS) is 11.5. The Labute approximate surface area is 128 Å². The van der Waals surface area contributed by atoms with Crippen LogP contribution in [-0.2, 0) is 4.79 Å². The number of non-ortho nitro benzene ring substituents is 1. The third kappa shape index (κ3) is 5.03. The molecule has 0 aliphatic carbocycles. The first-order valence-electron chi connectivity index (χ1n) is 6.09. The van der Waals surface area contributed by atoms with Gasteiger partial charge in [0.25, 0.3) is 5.69 Å². The molecule has 0 bridgehead atoms. The molecule has 21 heavy (non-hydrogen) atoms. The molecule has 114 valence electrons. The standard InChI is InChI=1S/C12H14BrN3O5/c1-2-3-10(11(17)18)15-12(19)14-9-5-4-7(16(20)21)6-8(9)13/h4-6,10H,2-3H2,1H3,(H,17,18)(H2,14,15,19)/t10-/m0/s1. The Bertz CT molecular complexity index is 564. The van der Waals surface area contributed by atoms with Crippen LogP contribution in [0.2, 0.25) is 0 Å². The number of hydrogen-bond acceptors (Lipinski definition) is 4. The van der Waals surface area contributed by atoms with Crippen molar-refractivity contribution in [3.8, 4) is 0 Å². The molecule has 0 aromatic heterocycles. The predicted octanol–water partition coefficient (Wildman–Crippen LogP) is 2.73. The number of rotatable bonds is 6. The van der Waals surface area contributed by atoms with Crippen LogP contribution in [0.15, 0.2) is 22.7 Å². The zero-order chi connectivity index (χ0) is 16.0. The summed E-state index contributed by atoms with van der Waals surface area (Å²) in [5.41, 5.74) is 0.181. The highest BCUT2D eigenvalue weighted by Gasteiger charge is 2.19. The number of aliphatic carboxylic acids is 1. The molecule has 0 aliphatic rings. The monoisotopic (exact) mass is 359 g/mol. The second-order valence-electron chi connectivity index (χ2n) is 4.20. The number of nitrogens with zero attached hydrogens (tertiary/aromatic N) is 1. The Hall–Kier alpha value is -2.16. The van der Waals surface area contributed by atoms with Gasteiger partial charge in [0.15, 0.2) is 0 Å². The molecule has 2 amide bonds. The smallest absolute Gasteiger partial charge is 0.326 e. The van der Waals surface area contributed by atoms with Crippen LogP contribution in [-0.4, -0.2) is 28.1 Å². The number of carbonyl (C=O) groups excluding carboxylic acids is 1. The number of hydrogen-bond donors (Lipinski definition) is 3. The zero-order valence-corrected chi connectivity index (χ0v) is 12.7. The highest BCUT2D eigenvalue weighted by atomic mass is 79.9. The molecule has 1 rings (SSSR count). The molecule has 1 aromatic carbocycles. The van der Waals surface area contributed by atoms with Crippen LogP contribution in [0, 0.1) is 10.1 Å². The van der Waals surface area contributed by atoms with Gasteiger partial charge in [-0.3, -0.25) is 10.1 Å². The Kier molecular flexibility index (Phi) is 6.10. The van der Waals surface area contributed by atoms with E-state index in [0.717, 1.165) is 0 Å². The molecule has 0 fully saturated rings. The molecular formula is C12H14BrN3O5. The van der Waals surface area contributed by atoms with Gasteiger partial charge in [0, 0.05) is 16.6 Å². The molecular weight excluding hydrogens is 346 g/mol. The average Bonchev–Trinajstić information content (AvgIpc) is 2.40. The molecule has 1 aromatic rings. The number of urea groups is 1. The van der Waals surface area contributed by atoms with E-state index >= 15 is 0 Å². The second-order valence-corrected chi connectivity index (χ2v) is 5.05. The molecule has 3 N–H and O–H groups in total. The maximum atomic E-state index is 11.7. The van der Waals surface area contributed by atoms with Crippen LogP contribution in [0.1, 0.15) is 19.8 Å². The summed E-state index contributed by atoms with van der Waals surface area (Å²) in [6.07, 6.45) is 0.919. The molecule has 0 radical (unpaired) electrons. The molecule has 8 nitrogen and oxygen atoms in total. The fourth-order valence-electron chi connectivity index (χ4n) is 1.58. The van der Waals surface area contributed by atoms with Gasteiger partial charge in [-0.15, -0.1) is 0 Å². The van der Waals surface area contributed by atoms with Gasteiger partial charge in [-0.05, 0) is 28.4 Å². The van der Waals surface area contributed by atoms with E-state index in [1.54, 1.807) is 0 Å². The van der Waals surface area contributed by atoms with Crippen molar-refractivity contribution >= 4 is 39.3 Å². The molecule has 0 heterocycles. The maximum absolute atomic E-state index is 11.7. The lowest BCUT2D eigenvalue weighted by Gasteiger charge is -2.14. The van der Waals surface area contributed by atoms with Gasteiger partial charge in [0.2, 0.25) is 0 Å². The number of nitro benzene ring substituents is 1. The summed E-state index contributed by atoms with van der Waals surface area (Å²) in [5.74, 6) is -1.12. The van der Waals surface area contributed by atoms with Crippen molar-refractivity contribution in [1.29, 1.82) is 0 Å². The molecule has 0 unspecified atom stereocenters. The van der Waals surface area contributed by atoms with Crippen LogP contribution in [0.3, 0.4) is 0 Å². The fraction of sp³-hybridized carbons (Fsp3) is 0.333. The van der Waals surface area contributed by atoms with Crippen LogP contribution in [0.25, 0.3) is 0 Å². The van der Waals surface area contributed by atoms with E-state index in [-0.39, 0.29) is 5.69 Å². The summed E-state index contributed by atoms with van der Waals surface area (Å²) >= 11 is 3.11. The van der Waals surface area contributed by atoms with E-state index in [9.17, 15) is 19.7 Å². The van der Waals surface area contributed by atoms with E-state index in [4.69, 9.17) is 5.11 Å². The number of nitro groups is 1. The summed E-state index contributed by atoms with van der Waals surface area (Å²) in [5, 5.41) is 24.3. The first kappa shape index (κ1) is 16.9. The van der Waals surface area contributed by atoms with Gasteiger partial charge < -0.3 is 15.7 Å². The minimum absolute atomic E-state index is 0.123. The zero-order valence-electron chi connectivity index (χ0n) is 11.1. The van der Waals surface area contributed by atoms with Crippen LogP contribution < -0.4 is 10.6 Å². The quantitative estimate of drug-likeness (QED) is 0.532. The van der Waals surface area contributed by atoms with Gasteiger partial charge in [-0.2, -0.15) is 0 Å². The van der Waals surface area contributed by atoms with Crippen molar-refractivity contribution in [1.82, 2.24) is 5.32 Å². The van der Waals surface area contributed by atoms with Crippen molar-refractivity contribution in [2.24, 2.45) is 0 Å². The lowest BCUT2D eigenvalue weighted by Crippen LogP contribution is -2.42. The fourth-order valence-corrected chi connectivity index (χ4v) is 2.05. The highest BCUT2D eigenvalue weighted by molar-refractivity contribution is 9.10. The first-order chi connectivity index (χ1) is 9.85. The van der Waals surface area contributed by atoms with Crippen molar-refractivity contribution in [2.75, 3.05) is 5.32 Å². The minimum atomic E-state index is -1.12. The highest BCUT2D eigenvalue weighted by Crippen LogP contribution is 2.26. The second kappa shape index (κ2) is 7.58. The summed E-state index contributed by atoms with van der Waals surface area (Å²) in [6.45, 7) is 1.81. The van der Waals surface area contributed by atoms with Crippen molar-refractivity contribution in [3.05, 3.63) is 32.8 Å². The van der Waals surface area contributed by atoms with Gasteiger partial charge in [0.1, 0.15) is 6.04 Å². The van der Waals surface area contributed by atoms with E-state index in [1.165, 1.54) is 18.2 Å². The molecule has 0 aliphatic heterocycles. The lowest BCUT2D eigenvalue weighted by atomic mass is 10.2. The molecule has 1 atom stereocenters. The Morgan fingerprint density at radius 1 is 1.48 bits per heavy atom. The molecule has 0 saturated heterocycles. The van der Waals surface area contributed by atoms with E-state index < -0.39 is 23.0 Å². The summed E-state index contributed by atoms with van der Waals surface area (Å²) in [4.78, 5) is 32.7. The van der Waals surface area contributed by atoms with Gasteiger partial charge >= 0.3 is 12.0 Å². The van der Waals surface area contributed by atoms with Crippen LogP contribution in [0.4, 0.5) is 16.2 Å². The molecule has 0 spiro atoms. The number of nitrogens with one attached hydrogen (secondary N) is 2. The third-order valence-corrected chi connectivity index (χ3v) is 3.25. The van der Waals surface area contributed by atoms with Crippen molar-refractivity contribution < 1.29 is 19.6 Å². The number of benzene rings is 1. The Morgan fingerprint density at radius 2 is 2.14 bits per heavy atom. The summed E-state index contributed by atoms with van der Waals surface area (Å²) in [6, 6.07) is 2.17. The number of anilines is 1. The maximum Gasteiger partial charge on any atom is 0.326 e. The lowest BCUT2D eigenvalue weighted by molar-refractivity contribution is -0.384. The third-order valence-electron chi connectivity index (χ3n) is 2.59. The van der Waals surface area contributed by atoms with Gasteiger partial charge in [-0.1, -0.05) is 13.3 Å². The van der Waals surface area contributed by atoms with E-state index in [0.29, 0.717) is 23.0 Å². The summed E-state index contributed by atoms with van der Waals surface area (Å²) < 4.78 is 0.328.